The molecule has 0 radical (unpaired) electrons. The summed E-state index contributed by atoms with van der Waals surface area (Å²) in [6, 6.07) is 0. The Hall–Kier alpha value is -0.870. The zero-order valence-electron chi connectivity index (χ0n) is 7.72. The highest BCUT2D eigenvalue weighted by molar-refractivity contribution is 5.64. The van der Waals surface area contributed by atoms with E-state index in [0.717, 1.165) is 19.1 Å². The predicted octanol–water partition coefficient (Wildman–Crippen LogP) is 0.128. The van der Waals surface area contributed by atoms with Crippen LogP contribution in [0.4, 0.5) is 0 Å². The maximum absolute atomic E-state index is 10.1. The molecule has 0 aromatic carbocycles. The van der Waals surface area contributed by atoms with E-state index in [-0.39, 0.29) is 18.9 Å². The molecular formula is C9H15NO3. The molecule has 0 aromatic rings. The number of aliphatic hydroxyl groups excluding tert-OH is 1. The third kappa shape index (κ3) is 2.82. The minimum absolute atomic E-state index is 0.00616. The molecule has 4 heteroatoms. The van der Waals surface area contributed by atoms with E-state index in [1.54, 1.807) is 6.20 Å². The lowest BCUT2D eigenvalue weighted by Gasteiger charge is -2.22. The quantitative estimate of drug-likeness (QED) is 0.499. The third-order valence-corrected chi connectivity index (χ3v) is 2.14. The van der Waals surface area contributed by atoms with Crippen molar-refractivity contribution in [1.29, 1.82) is 0 Å². The van der Waals surface area contributed by atoms with Crippen LogP contribution in [-0.2, 0) is 9.53 Å². The Bertz CT molecular complexity index is 193. The van der Waals surface area contributed by atoms with Crippen molar-refractivity contribution in [2.75, 3.05) is 13.7 Å². The molecule has 0 amide bonds. The number of hydrogen-bond donors (Lipinski definition) is 1. The summed E-state index contributed by atoms with van der Waals surface area (Å²) in [5.74, 6) is 0. The molecule has 1 heterocycles. The second kappa shape index (κ2) is 4.99. The molecule has 1 N–H and O–H groups in total. The molecule has 4 nitrogen and oxygen atoms in total. The van der Waals surface area contributed by atoms with Crippen LogP contribution in [0.15, 0.2) is 12.3 Å². The lowest BCUT2D eigenvalue weighted by atomic mass is 10.2. The average molecular weight is 185 g/mol. The normalized spacial score (nSPS) is 28.2. The van der Waals surface area contributed by atoms with Crippen molar-refractivity contribution in [3.63, 3.8) is 0 Å². The number of ether oxygens (including phenoxy) is 1. The second-order valence-electron chi connectivity index (χ2n) is 3.12. The molecule has 2 atom stereocenters. The van der Waals surface area contributed by atoms with Crippen molar-refractivity contribution < 1.29 is 14.6 Å². The standard InChI is InChI=1S/C9H15NO3/c1-10(5-2-6-11)9-4-3-8(7-12)13-9/h2,5-6,8-9,12H,3-4,7H2,1H3/b5-2-/t8-,9+/m0/s1. The van der Waals surface area contributed by atoms with E-state index in [4.69, 9.17) is 9.84 Å². The van der Waals surface area contributed by atoms with E-state index in [9.17, 15) is 4.79 Å². The second-order valence-corrected chi connectivity index (χ2v) is 3.12. The Morgan fingerprint density at radius 1 is 1.62 bits per heavy atom. The Kier molecular flexibility index (Phi) is 3.92. The molecule has 0 saturated carbocycles. The van der Waals surface area contributed by atoms with Gasteiger partial charge in [0, 0.05) is 13.2 Å². The van der Waals surface area contributed by atoms with Crippen LogP contribution in [0, 0.1) is 0 Å². The molecule has 0 aromatic heterocycles. The number of carbonyl (C=O) groups is 1. The van der Waals surface area contributed by atoms with Gasteiger partial charge in [-0.1, -0.05) is 0 Å². The van der Waals surface area contributed by atoms with Crippen molar-refractivity contribution in [2.24, 2.45) is 0 Å². The maximum atomic E-state index is 10.1. The largest absolute Gasteiger partial charge is 0.394 e. The summed E-state index contributed by atoms with van der Waals surface area (Å²) in [7, 11) is 1.85. The zero-order chi connectivity index (χ0) is 9.68. The number of allylic oxidation sites excluding steroid dienone is 1. The van der Waals surface area contributed by atoms with Crippen LogP contribution in [0.1, 0.15) is 12.8 Å². The molecule has 1 rings (SSSR count). The lowest BCUT2D eigenvalue weighted by molar-refractivity contribution is -0.104. The first kappa shape index (κ1) is 10.2. The minimum atomic E-state index is -0.0444. The minimum Gasteiger partial charge on any atom is -0.394 e. The SMILES string of the molecule is CN(/C=C\C=O)[C@H]1CC[C@@H](CO)O1. The van der Waals surface area contributed by atoms with Crippen molar-refractivity contribution in [3.05, 3.63) is 12.3 Å². The van der Waals surface area contributed by atoms with Crippen LogP contribution < -0.4 is 0 Å². The van der Waals surface area contributed by atoms with Gasteiger partial charge in [0.1, 0.15) is 12.5 Å². The summed E-state index contributed by atoms with van der Waals surface area (Å²) in [6.45, 7) is 0.0712. The van der Waals surface area contributed by atoms with Crippen molar-refractivity contribution in [3.8, 4) is 0 Å². The van der Waals surface area contributed by atoms with Crippen LogP contribution in [0.3, 0.4) is 0 Å². The molecular weight excluding hydrogens is 170 g/mol. The number of aldehydes is 1. The highest BCUT2D eigenvalue weighted by atomic mass is 16.5. The van der Waals surface area contributed by atoms with Crippen LogP contribution in [0.5, 0.6) is 0 Å². The van der Waals surface area contributed by atoms with Gasteiger partial charge in [-0.15, -0.1) is 0 Å². The Labute approximate surface area is 77.8 Å². The molecule has 0 spiro atoms. The summed E-state index contributed by atoms with van der Waals surface area (Å²) in [5.41, 5.74) is 0. The first-order valence-electron chi connectivity index (χ1n) is 4.38. The van der Waals surface area contributed by atoms with Crippen molar-refractivity contribution in [2.45, 2.75) is 25.2 Å². The Balaban J connectivity index is 2.36. The molecule has 1 fully saturated rings. The highest BCUT2D eigenvalue weighted by Gasteiger charge is 2.26. The molecule has 0 unspecified atom stereocenters. The van der Waals surface area contributed by atoms with Crippen LogP contribution in [-0.4, -0.2) is 42.3 Å². The zero-order valence-corrected chi connectivity index (χ0v) is 7.72. The molecule has 13 heavy (non-hydrogen) atoms. The highest BCUT2D eigenvalue weighted by Crippen LogP contribution is 2.21. The fraction of sp³-hybridized carbons (Fsp3) is 0.667. The summed E-state index contributed by atoms with van der Waals surface area (Å²) >= 11 is 0. The van der Waals surface area contributed by atoms with E-state index < -0.39 is 0 Å². The predicted molar refractivity (Wildman–Crippen MR) is 47.9 cm³/mol. The third-order valence-electron chi connectivity index (χ3n) is 2.14. The van der Waals surface area contributed by atoms with Gasteiger partial charge in [0.05, 0.1) is 12.7 Å². The number of hydrogen-bond acceptors (Lipinski definition) is 4. The van der Waals surface area contributed by atoms with E-state index in [1.165, 1.54) is 6.08 Å². The average Bonchev–Trinajstić information content (AvgIpc) is 2.62. The van der Waals surface area contributed by atoms with Gasteiger partial charge in [0.25, 0.3) is 0 Å². The van der Waals surface area contributed by atoms with Gasteiger partial charge in [0.2, 0.25) is 0 Å². The maximum Gasteiger partial charge on any atom is 0.144 e. The van der Waals surface area contributed by atoms with Crippen molar-refractivity contribution in [1.82, 2.24) is 4.90 Å². The first-order chi connectivity index (χ1) is 6.27. The number of aliphatic hydroxyl groups is 1. The summed E-state index contributed by atoms with van der Waals surface area (Å²) < 4.78 is 5.48. The van der Waals surface area contributed by atoms with Gasteiger partial charge in [-0.2, -0.15) is 0 Å². The number of rotatable bonds is 4. The fourth-order valence-corrected chi connectivity index (χ4v) is 1.39. The smallest absolute Gasteiger partial charge is 0.144 e. The van der Waals surface area contributed by atoms with Gasteiger partial charge in [-0.3, -0.25) is 4.79 Å². The number of nitrogens with zero attached hydrogens (tertiary/aromatic N) is 1. The molecule has 74 valence electrons. The topological polar surface area (TPSA) is 49.8 Å². The summed E-state index contributed by atoms with van der Waals surface area (Å²) in [6.07, 6.45) is 5.55. The van der Waals surface area contributed by atoms with Crippen LogP contribution in [0.2, 0.25) is 0 Å². The van der Waals surface area contributed by atoms with Gasteiger partial charge in [-0.25, -0.2) is 0 Å². The Morgan fingerprint density at radius 3 is 2.92 bits per heavy atom. The molecule has 1 aliphatic heterocycles. The molecule has 1 saturated heterocycles. The lowest BCUT2D eigenvalue weighted by Crippen LogP contribution is -2.27. The number of carbonyl (C=O) groups excluding carboxylic acids is 1. The van der Waals surface area contributed by atoms with Crippen LogP contribution >= 0.6 is 0 Å². The van der Waals surface area contributed by atoms with Gasteiger partial charge < -0.3 is 14.7 Å². The molecule has 1 aliphatic rings. The fourth-order valence-electron chi connectivity index (χ4n) is 1.39. The molecule has 0 bridgehead atoms. The summed E-state index contributed by atoms with van der Waals surface area (Å²) in [5, 5.41) is 8.82. The van der Waals surface area contributed by atoms with E-state index in [0.29, 0.717) is 0 Å². The van der Waals surface area contributed by atoms with E-state index in [1.807, 2.05) is 11.9 Å². The Morgan fingerprint density at radius 2 is 2.38 bits per heavy atom. The van der Waals surface area contributed by atoms with E-state index in [2.05, 4.69) is 0 Å². The van der Waals surface area contributed by atoms with Crippen molar-refractivity contribution >= 4 is 6.29 Å². The summed E-state index contributed by atoms with van der Waals surface area (Å²) in [4.78, 5) is 11.9. The van der Waals surface area contributed by atoms with Gasteiger partial charge in [0.15, 0.2) is 0 Å². The first-order valence-corrected chi connectivity index (χ1v) is 4.38. The molecule has 0 aliphatic carbocycles. The monoisotopic (exact) mass is 185 g/mol. The van der Waals surface area contributed by atoms with Gasteiger partial charge in [-0.05, 0) is 18.9 Å². The van der Waals surface area contributed by atoms with E-state index >= 15 is 0 Å². The van der Waals surface area contributed by atoms with Gasteiger partial charge >= 0.3 is 0 Å². The van der Waals surface area contributed by atoms with Crippen LogP contribution in [0.25, 0.3) is 0 Å².